The molecule has 1 unspecified atom stereocenters. The van der Waals surface area contributed by atoms with E-state index in [2.05, 4.69) is 26.2 Å². The van der Waals surface area contributed by atoms with Gasteiger partial charge in [-0.25, -0.2) is 0 Å². The molecule has 2 aromatic carbocycles. The monoisotopic (exact) mass is 502 g/mol. The second-order valence-corrected chi connectivity index (χ2v) is 8.66. The first kappa shape index (κ1) is 21.4. The van der Waals surface area contributed by atoms with Gasteiger partial charge in [0.1, 0.15) is 11.4 Å². The van der Waals surface area contributed by atoms with Crippen LogP contribution in [0.2, 0.25) is 0 Å². The second kappa shape index (κ2) is 9.19. The van der Waals surface area contributed by atoms with Crippen molar-refractivity contribution in [1.29, 1.82) is 0 Å². The van der Waals surface area contributed by atoms with Crippen LogP contribution in [0.3, 0.4) is 0 Å². The molecule has 6 nitrogen and oxygen atoms in total. The summed E-state index contributed by atoms with van der Waals surface area (Å²) < 4.78 is 6.59. The van der Waals surface area contributed by atoms with Crippen LogP contribution in [0, 0.1) is 0 Å². The van der Waals surface area contributed by atoms with Crippen molar-refractivity contribution in [2.45, 2.75) is 13.0 Å². The fraction of sp³-hybridized carbons (Fsp3) is 0.192. The molecule has 3 heterocycles. The van der Waals surface area contributed by atoms with Crippen LogP contribution in [0.1, 0.15) is 24.1 Å². The summed E-state index contributed by atoms with van der Waals surface area (Å²) in [4.78, 5) is 24.9. The fourth-order valence-corrected chi connectivity index (χ4v) is 4.58. The SMILES string of the molecule is CCOc1ccc(N2C(=O)C3=C(C(c4ccc(Br)cc4)=NCCN3)C2c2cccnc2)cc1. The highest BCUT2D eigenvalue weighted by Gasteiger charge is 2.44. The zero-order valence-corrected chi connectivity index (χ0v) is 19.7. The van der Waals surface area contributed by atoms with Gasteiger partial charge in [0.2, 0.25) is 0 Å². The first-order chi connectivity index (χ1) is 16.2. The molecule has 0 fully saturated rings. The van der Waals surface area contributed by atoms with Gasteiger partial charge in [-0.05, 0) is 55.0 Å². The molecule has 1 aromatic heterocycles. The van der Waals surface area contributed by atoms with Crippen molar-refractivity contribution in [2.75, 3.05) is 24.6 Å². The summed E-state index contributed by atoms with van der Waals surface area (Å²) in [6.07, 6.45) is 3.56. The average molecular weight is 503 g/mol. The maximum absolute atomic E-state index is 13.8. The molecule has 1 N–H and O–H groups in total. The highest BCUT2D eigenvalue weighted by Crippen LogP contribution is 2.42. The molecule has 3 aromatic rings. The van der Waals surface area contributed by atoms with Crippen LogP contribution in [0.4, 0.5) is 5.69 Å². The second-order valence-electron chi connectivity index (χ2n) is 7.74. The van der Waals surface area contributed by atoms with Crippen LogP contribution in [-0.4, -0.2) is 36.3 Å². The number of pyridine rings is 1. The topological polar surface area (TPSA) is 66.8 Å². The van der Waals surface area contributed by atoms with E-state index in [0.29, 0.717) is 25.4 Å². The normalized spacial score (nSPS) is 17.9. The standard InChI is InChI=1S/C26H23BrN4O2/c1-2-33-21-11-9-20(10-12-21)31-25(18-4-3-13-28-16-18)22-23(17-5-7-19(27)8-6-17)29-14-15-30-24(22)26(31)32/h3-13,16,25,30H,2,14-15H2,1H3. The molecule has 33 heavy (non-hydrogen) atoms. The Morgan fingerprint density at radius 3 is 2.61 bits per heavy atom. The highest BCUT2D eigenvalue weighted by molar-refractivity contribution is 9.10. The lowest BCUT2D eigenvalue weighted by molar-refractivity contribution is -0.115. The minimum absolute atomic E-state index is 0.0743. The summed E-state index contributed by atoms with van der Waals surface area (Å²) in [6, 6.07) is 19.2. The molecule has 5 rings (SSSR count). The van der Waals surface area contributed by atoms with Crippen molar-refractivity contribution in [1.82, 2.24) is 10.3 Å². The summed E-state index contributed by atoms with van der Waals surface area (Å²) in [6.45, 7) is 3.73. The van der Waals surface area contributed by atoms with E-state index >= 15 is 0 Å². The van der Waals surface area contributed by atoms with Gasteiger partial charge in [0.15, 0.2) is 0 Å². The minimum atomic E-state index is -0.354. The highest BCUT2D eigenvalue weighted by atomic mass is 79.9. The molecule has 2 aliphatic rings. The molecule has 7 heteroatoms. The van der Waals surface area contributed by atoms with Crippen LogP contribution in [0.25, 0.3) is 0 Å². The summed E-state index contributed by atoms with van der Waals surface area (Å²) in [7, 11) is 0. The summed E-state index contributed by atoms with van der Waals surface area (Å²) in [5, 5.41) is 3.36. The summed E-state index contributed by atoms with van der Waals surface area (Å²) in [5.41, 5.74) is 5.00. The first-order valence-corrected chi connectivity index (χ1v) is 11.7. The lowest BCUT2D eigenvalue weighted by Gasteiger charge is -2.28. The molecule has 0 radical (unpaired) electrons. The number of rotatable bonds is 5. The lowest BCUT2D eigenvalue weighted by atomic mass is 9.92. The predicted molar refractivity (Wildman–Crippen MR) is 133 cm³/mol. The van der Waals surface area contributed by atoms with Gasteiger partial charge in [-0.15, -0.1) is 0 Å². The Kier molecular flexibility index (Phi) is 5.96. The van der Waals surface area contributed by atoms with E-state index in [4.69, 9.17) is 9.73 Å². The van der Waals surface area contributed by atoms with Crippen molar-refractivity contribution < 1.29 is 9.53 Å². The third-order valence-electron chi connectivity index (χ3n) is 5.72. The number of nitrogens with zero attached hydrogens (tertiary/aromatic N) is 3. The Labute approximate surface area is 201 Å². The van der Waals surface area contributed by atoms with Crippen LogP contribution in [0.5, 0.6) is 5.75 Å². The van der Waals surface area contributed by atoms with E-state index in [9.17, 15) is 4.79 Å². The molecule has 0 saturated heterocycles. The number of hydrogen-bond donors (Lipinski definition) is 1. The Balaban J connectivity index is 1.66. The Bertz CT molecular complexity index is 1220. The summed E-state index contributed by atoms with van der Waals surface area (Å²) in [5.74, 6) is 0.699. The molecule has 1 atom stereocenters. The molecular formula is C26H23BrN4O2. The van der Waals surface area contributed by atoms with Crippen LogP contribution >= 0.6 is 15.9 Å². The number of aliphatic imine (C=N–C) groups is 1. The Morgan fingerprint density at radius 1 is 1.12 bits per heavy atom. The number of amides is 1. The zero-order chi connectivity index (χ0) is 22.8. The van der Waals surface area contributed by atoms with Crippen LogP contribution in [-0.2, 0) is 4.79 Å². The van der Waals surface area contributed by atoms with Crippen molar-refractivity contribution in [3.63, 3.8) is 0 Å². The number of carbonyl (C=O) groups excluding carboxylic acids is 1. The third kappa shape index (κ3) is 4.04. The lowest BCUT2D eigenvalue weighted by Crippen LogP contribution is -2.33. The van der Waals surface area contributed by atoms with Crippen molar-refractivity contribution >= 4 is 33.2 Å². The van der Waals surface area contributed by atoms with Crippen LogP contribution < -0.4 is 15.0 Å². The van der Waals surface area contributed by atoms with E-state index in [0.717, 1.165) is 38.3 Å². The number of aromatic nitrogens is 1. The van der Waals surface area contributed by atoms with Gasteiger partial charge < -0.3 is 10.1 Å². The summed E-state index contributed by atoms with van der Waals surface area (Å²) >= 11 is 3.51. The Hall–Kier alpha value is -3.45. The largest absolute Gasteiger partial charge is 0.494 e. The van der Waals surface area contributed by atoms with E-state index in [1.54, 1.807) is 6.20 Å². The maximum Gasteiger partial charge on any atom is 0.275 e. The number of halogens is 1. The quantitative estimate of drug-likeness (QED) is 0.550. The van der Waals surface area contributed by atoms with Gasteiger partial charge in [0.25, 0.3) is 5.91 Å². The minimum Gasteiger partial charge on any atom is -0.494 e. The zero-order valence-electron chi connectivity index (χ0n) is 18.2. The van der Waals surface area contributed by atoms with Gasteiger partial charge in [-0.1, -0.05) is 34.1 Å². The number of benzene rings is 2. The fourth-order valence-electron chi connectivity index (χ4n) is 4.32. The van der Waals surface area contributed by atoms with E-state index < -0.39 is 0 Å². The number of ether oxygens (including phenoxy) is 1. The van der Waals surface area contributed by atoms with Crippen molar-refractivity contribution in [3.05, 3.63) is 99.9 Å². The predicted octanol–water partition coefficient (Wildman–Crippen LogP) is 4.68. The average Bonchev–Trinajstić information content (AvgIpc) is 2.98. The molecule has 166 valence electrons. The van der Waals surface area contributed by atoms with Gasteiger partial charge in [0, 0.05) is 40.2 Å². The smallest absolute Gasteiger partial charge is 0.275 e. The molecule has 0 saturated carbocycles. The van der Waals surface area contributed by atoms with Crippen LogP contribution in [0.15, 0.2) is 93.8 Å². The van der Waals surface area contributed by atoms with E-state index in [1.807, 2.05) is 78.7 Å². The molecule has 1 amide bonds. The first-order valence-electron chi connectivity index (χ1n) is 10.9. The number of hydrogen-bond acceptors (Lipinski definition) is 5. The molecule has 0 spiro atoms. The van der Waals surface area contributed by atoms with Gasteiger partial charge in [-0.2, -0.15) is 0 Å². The van der Waals surface area contributed by atoms with Crippen molar-refractivity contribution in [3.8, 4) is 5.75 Å². The van der Waals surface area contributed by atoms with Crippen molar-refractivity contribution in [2.24, 2.45) is 4.99 Å². The molecule has 0 bridgehead atoms. The molecule has 2 aliphatic heterocycles. The van der Waals surface area contributed by atoms with E-state index in [-0.39, 0.29) is 11.9 Å². The number of nitrogens with one attached hydrogen (secondary N) is 1. The number of carbonyl (C=O) groups is 1. The number of anilines is 1. The van der Waals surface area contributed by atoms with E-state index in [1.165, 1.54) is 0 Å². The van der Waals surface area contributed by atoms with Gasteiger partial charge in [0.05, 0.1) is 24.9 Å². The molecule has 0 aliphatic carbocycles. The molecular weight excluding hydrogens is 480 g/mol. The van der Waals surface area contributed by atoms with Gasteiger partial charge >= 0.3 is 0 Å². The maximum atomic E-state index is 13.8. The third-order valence-corrected chi connectivity index (χ3v) is 6.24. The Morgan fingerprint density at radius 2 is 1.91 bits per heavy atom. The van der Waals surface area contributed by atoms with Gasteiger partial charge in [-0.3, -0.25) is 19.7 Å².